The smallest absolute Gasteiger partial charge is 0.120 e. The van der Waals surface area contributed by atoms with Crippen LogP contribution in [-0.2, 0) is 6.61 Å². The third-order valence-corrected chi connectivity index (χ3v) is 4.44. The number of ether oxygens (including phenoxy) is 2. The van der Waals surface area contributed by atoms with Gasteiger partial charge in [-0.3, -0.25) is 0 Å². The maximum Gasteiger partial charge on any atom is 0.120 e. The molecule has 0 amide bonds. The van der Waals surface area contributed by atoms with Crippen molar-refractivity contribution < 1.29 is 9.47 Å². The maximum atomic E-state index is 5.80. The fraction of sp³-hybridized carbons (Fsp3) is 0.200. The Labute approximate surface area is 130 Å². The summed E-state index contributed by atoms with van der Waals surface area (Å²) in [5, 5.41) is 0. The van der Waals surface area contributed by atoms with E-state index in [9.17, 15) is 0 Å². The minimum atomic E-state index is 0.499. The summed E-state index contributed by atoms with van der Waals surface area (Å²) in [7, 11) is 1.66. The minimum Gasteiger partial charge on any atom is -0.497 e. The molecule has 0 saturated carbocycles. The van der Waals surface area contributed by atoms with Crippen LogP contribution in [0.5, 0.6) is 11.5 Å². The Kier molecular flexibility index (Phi) is 4.88. The van der Waals surface area contributed by atoms with Crippen LogP contribution in [0, 0.1) is 6.92 Å². The molecule has 0 aliphatic heterocycles. The van der Waals surface area contributed by atoms with Crippen molar-refractivity contribution >= 4 is 31.9 Å². The number of methoxy groups -OCH3 is 1. The van der Waals surface area contributed by atoms with Crippen LogP contribution < -0.4 is 9.47 Å². The van der Waals surface area contributed by atoms with Crippen molar-refractivity contribution in [2.45, 2.75) is 13.5 Å². The molecule has 4 heteroatoms. The number of hydrogen-bond acceptors (Lipinski definition) is 2. The lowest BCUT2D eigenvalue weighted by Gasteiger charge is -2.10. The van der Waals surface area contributed by atoms with E-state index < -0.39 is 0 Å². The Hall–Kier alpha value is -1.00. The zero-order valence-corrected chi connectivity index (χ0v) is 13.9. The molecule has 2 nitrogen and oxygen atoms in total. The summed E-state index contributed by atoms with van der Waals surface area (Å²) in [6, 6.07) is 11.8. The number of halogens is 2. The summed E-state index contributed by atoms with van der Waals surface area (Å²) >= 11 is 6.99. The second-order valence-corrected chi connectivity index (χ2v) is 5.87. The van der Waals surface area contributed by atoms with E-state index in [2.05, 4.69) is 31.9 Å². The van der Waals surface area contributed by atoms with Crippen molar-refractivity contribution in [2.75, 3.05) is 7.11 Å². The monoisotopic (exact) mass is 384 g/mol. The number of benzene rings is 2. The molecule has 2 aromatic rings. The first kappa shape index (κ1) is 14.4. The molecule has 0 aromatic heterocycles. The summed E-state index contributed by atoms with van der Waals surface area (Å²) in [4.78, 5) is 0. The van der Waals surface area contributed by atoms with E-state index >= 15 is 0 Å². The van der Waals surface area contributed by atoms with Crippen LogP contribution >= 0.6 is 31.9 Å². The fourth-order valence-corrected chi connectivity index (χ4v) is 2.26. The third-order valence-electron chi connectivity index (χ3n) is 2.78. The summed E-state index contributed by atoms with van der Waals surface area (Å²) in [5.74, 6) is 1.68. The van der Waals surface area contributed by atoms with Crippen LogP contribution in [-0.4, -0.2) is 7.11 Å². The highest BCUT2D eigenvalue weighted by atomic mass is 79.9. The zero-order valence-electron chi connectivity index (χ0n) is 10.7. The van der Waals surface area contributed by atoms with Crippen LogP contribution in [0.25, 0.3) is 0 Å². The largest absolute Gasteiger partial charge is 0.497 e. The van der Waals surface area contributed by atoms with Crippen molar-refractivity contribution in [1.82, 2.24) is 0 Å². The van der Waals surface area contributed by atoms with Gasteiger partial charge in [-0.15, -0.1) is 0 Å². The lowest BCUT2D eigenvalue weighted by atomic mass is 10.2. The molecule has 0 aliphatic carbocycles. The molecule has 0 bridgehead atoms. The summed E-state index contributed by atoms with van der Waals surface area (Å²) in [5.41, 5.74) is 2.21. The van der Waals surface area contributed by atoms with Crippen molar-refractivity contribution in [3.63, 3.8) is 0 Å². The van der Waals surface area contributed by atoms with Gasteiger partial charge in [-0.1, -0.05) is 31.9 Å². The first-order valence-corrected chi connectivity index (χ1v) is 7.40. The van der Waals surface area contributed by atoms with Gasteiger partial charge in [0.25, 0.3) is 0 Å². The van der Waals surface area contributed by atoms with E-state index in [-0.39, 0.29) is 0 Å². The lowest BCUT2D eigenvalue weighted by Crippen LogP contribution is -1.97. The Morgan fingerprint density at radius 3 is 2.32 bits per heavy atom. The van der Waals surface area contributed by atoms with E-state index in [1.54, 1.807) is 7.11 Å². The molecule has 100 valence electrons. The minimum absolute atomic E-state index is 0.499. The average molecular weight is 386 g/mol. The van der Waals surface area contributed by atoms with Crippen LogP contribution in [0.3, 0.4) is 0 Å². The van der Waals surface area contributed by atoms with Gasteiger partial charge in [-0.25, -0.2) is 0 Å². The standard InChI is InChI=1S/C15H14Br2O2/c1-10-7-13(4-5-14(10)16)19-9-11-8-12(18-2)3-6-15(11)17/h3-8H,9H2,1-2H3. The van der Waals surface area contributed by atoms with Crippen molar-refractivity contribution in [2.24, 2.45) is 0 Å². The first-order valence-electron chi connectivity index (χ1n) is 5.81. The van der Waals surface area contributed by atoms with E-state index in [0.717, 1.165) is 31.6 Å². The van der Waals surface area contributed by atoms with Gasteiger partial charge in [-0.2, -0.15) is 0 Å². The summed E-state index contributed by atoms with van der Waals surface area (Å²) < 4.78 is 13.1. The molecule has 0 N–H and O–H groups in total. The van der Waals surface area contributed by atoms with Gasteiger partial charge in [0.1, 0.15) is 18.1 Å². The Morgan fingerprint density at radius 2 is 1.63 bits per heavy atom. The molecule has 0 radical (unpaired) electrons. The summed E-state index contributed by atoms with van der Waals surface area (Å²) in [6.45, 7) is 2.54. The van der Waals surface area contributed by atoms with Gasteiger partial charge in [0.05, 0.1) is 7.11 Å². The number of hydrogen-bond donors (Lipinski definition) is 0. The fourth-order valence-electron chi connectivity index (χ4n) is 1.66. The highest BCUT2D eigenvalue weighted by molar-refractivity contribution is 9.10. The summed E-state index contributed by atoms with van der Waals surface area (Å²) in [6.07, 6.45) is 0. The SMILES string of the molecule is COc1ccc(Br)c(COc2ccc(Br)c(C)c2)c1. The van der Waals surface area contributed by atoms with Crippen LogP contribution in [0.1, 0.15) is 11.1 Å². The van der Waals surface area contributed by atoms with Gasteiger partial charge < -0.3 is 9.47 Å². The average Bonchev–Trinajstić information content (AvgIpc) is 2.41. The molecule has 0 atom stereocenters. The van der Waals surface area contributed by atoms with Gasteiger partial charge >= 0.3 is 0 Å². The Morgan fingerprint density at radius 1 is 0.947 bits per heavy atom. The van der Waals surface area contributed by atoms with Crippen molar-refractivity contribution in [1.29, 1.82) is 0 Å². The molecule has 2 rings (SSSR count). The zero-order chi connectivity index (χ0) is 13.8. The molecular formula is C15H14Br2O2. The van der Waals surface area contributed by atoms with Gasteiger partial charge in [0.2, 0.25) is 0 Å². The molecule has 0 spiro atoms. The maximum absolute atomic E-state index is 5.80. The second kappa shape index (κ2) is 6.44. The van der Waals surface area contributed by atoms with Crippen LogP contribution in [0.4, 0.5) is 0 Å². The lowest BCUT2D eigenvalue weighted by molar-refractivity contribution is 0.304. The molecule has 0 saturated heterocycles. The van der Waals surface area contributed by atoms with Crippen molar-refractivity contribution in [3.05, 3.63) is 56.5 Å². The molecule has 19 heavy (non-hydrogen) atoms. The topological polar surface area (TPSA) is 18.5 Å². The van der Waals surface area contributed by atoms with E-state index in [1.165, 1.54) is 0 Å². The quantitative estimate of drug-likeness (QED) is 0.728. The van der Waals surface area contributed by atoms with E-state index in [1.807, 2.05) is 43.3 Å². The molecule has 0 fully saturated rings. The number of aryl methyl sites for hydroxylation is 1. The highest BCUT2D eigenvalue weighted by Gasteiger charge is 2.04. The predicted octanol–water partition coefficient (Wildman–Crippen LogP) is 5.11. The normalized spacial score (nSPS) is 10.3. The second-order valence-electron chi connectivity index (χ2n) is 4.16. The molecule has 2 aromatic carbocycles. The van der Waals surface area contributed by atoms with Crippen molar-refractivity contribution in [3.8, 4) is 11.5 Å². The third kappa shape index (κ3) is 3.74. The number of rotatable bonds is 4. The predicted molar refractivity (Wildman–Crippen MR) is 83.9 cm³/mol. The van der Waals surface area contributed by atoms with Gasteiger partial charge in [0, 0.05) is 14.5 Å². The molecule has 0 unspecified atom stereocenters. The van der Waals surface area contributed by atoms with Crippen LogP contribution in [0.2, 0.25) is 0 Å². The Bertz CT molecular complexity index is 582. The Balaban J connectivity index is 2.11. The molecular weight excluding hydrogens is 372 g/mol. The molecule has 0 heterocycles. The van der Waals surface area contributed by atoms with Gasteiger partial charge in [-0.05, 0) is 48.9 Å². The first-order chi connectivity index (χ1) is 9.10. The van der Waals surface area contributed by atoms with E-state index in [0.29, 0.717) is 6.61 Å². The molecule has 0 aliphatic rings. The highest BCUT2D eigenvalue weighted by Crippen LogP contribution is 2.26. The van der Waals surface area contributed by atoms with Gasteiger partial charge in [0.15, 0.2) is 0 Å². The van der Waals surface area contributed by atoms with E-state index in [4.69, 9.17) is 9.47 Å². The van der Waals surface area contributed by atoms with Crippen LogP contribution in [0.15, 0.2) is 45.3 Å².